The Morgan fingerprint density at radius 2 is 1.96 bits per heavy atom. The fraction of sp³-hybridized carbons (Fsp3) is 0.235. The van der Waals surface area contributed by atoms with E-state index in [-0.39, 0.29) is 17.7 Å². The molecule has 8 nitrogen and oxygen atoms in total. The number of sulfonamides is 1. The molecule has 2 amide bonds. The molecule has 0 aliphatic carbocycles. The highest BCUT2D eigenvalue weighted by molar-refractivity contribution is 7.89. The molecule has 26 heavy (non-hydrogen) atoms. The first-order valence-corrected chi connectivity index (χ1v) is 9.43. The first-order valence-electron chi connectivity index (χ1n) is 7.88. The van der Waals surface area contributed by atoms with Crippen LogP contribution in [0.2, 0.25) is 0 Å². The summed E-state index contributed by atoms with van der Waals surface area (Å²) in [6.07, 6.45) is 0. The highest BCUT2D eigenvalue weighted by atomic mass is 32.2. The summed E-state index contributed by atoms with van der Waals surface area (Å²) >= 11 is 0. The number of urea groups is 1. The lowest BCUT2D eigenvalue weighted by Gasteiger charge is -2.16. The van der Waals surface area contributed by atoms with Gasteiger partial charge in [0.05, 0.1) is 10.9 Å². The molecule has 0 saturated heterocycles. The second kappa shape index (κ2) is 7.22. The largest absolute Gasteiger partial charge is 0.454 e. The van der Waals surface area contributed by atoms with Crippen molar-refractivity contribution in [2.45, 2.75) is 24.4 Å². The number of carbonyl (C=O) groups is 1. The molecule has 0 fully saturated rings. The van der Waals surface area contributed by atoms with Gasteiger partial charge in [-0.1, -0.05) is 18.2 Å². The Hall–Kier alpha value is -2.78. The topological polar surface area (TPSA) is 120 Å². The molecule has 1 atom stereocenters. The van der Waals surface area contributed by atoms with Gasteiger partial charge in [0, 0.05) is 6.54 Å². The molecule has 0 aromatic heterocycles. The molecule has 9 heteroatoms. The fourth-order valence-corrected chi connectivity index (χ4v) is 3.09. The fourth-order valence-electron chi connectivity index (χ4n) is 2.53. The number of nitrogens with two attached hydrogens (primary N) is 1. The van der Waals surface area contributed by atoms with E-state index < -0.39 is 16.1 Å². The van der Waals surface area contributed by atoms with Crippen molar-refractivity contribution in [3.05, 3.63) is 53.6 Å². The zero-order valence-electron chi connectivity index (χ0n) is 14.1. The van der Waals surface area contributed by atoms with Crippen molar-refractivity contribution in [1.82, 2.24) is 10.6 Å². The van der Waals surface area contributed by atoms with Gasteiger partial charge in [0.2, 0.25) is 16.8 Å². The highest BCUT2D eigenvalue weighted by Gasteiger charge is 2.15. The van der Waals surface area contributed by atoms with Crippen molar-refractivity contribution < 1.29 is 22.7 Å². The Kier molecular flexibility index (Phi) is 5.01. The summed E-state index contributed by atoms with van der Waals surface area (Å²) in [7, 11) is -3.79. The molecular formula is C17H19N3O5S. The van der Waals surface area contributed by atoms with E-state index in [4.69, 9.17) is 14.6 Å². The van der Waals surface area contributed by atoms with Crippen LogP contribution in [-0.4, -0.2) is 21.2 Å². The molecule has 1 aliphatic heterocycles. The number of carbonyl (C=O) groups excluding carboxylic acids is 1. The zero-order chi connectivity index (χ0) is 18.7. The predicted molar refractivity (Wildman–Crippen MR) is 94.2 cm³/mol. The van der Waals surface area contributed by atoms with Crippen LogP contribution in [0.15, 0.2) is 47.4 Å². The number of nitrogens with one attached hydrogen (secondary N) is 2. The molecule has 3 rings (SSSR count). The smallest absolute Gasteiger partial charge is 0.315 e. The molecule has 0 unspecified atom stereocenters. The number of hydrogen-bond donors (Lipinski definition) is 3. The lowest BCUT2D eigenvalue weighted by atomic mass is 10.1. The van der Waals surface area contributed by atoms with Crippen molar-refractivity contribution in [1.29, 1.82) is 0 Å². The number of primary sulfonamides is 1. The number of fused-ring (bicyclic) bond motifs is 1. The molecule has 2 aromatic rings. The van der Waals surface area contributed by atoms with Gasteiger partial charge in [-0.15, -0.1) is 0 Å². The summed E-state index contributed by atoms with van der Waals surface area (Å²) in [5.74, 6) is 1.33. The molecule has 4 N–H and O–H groups in total. The maximum atomic E-state index is 12.1. The standard InChI is InChI=1S/C17H19N3O5S/c1-11(13-3-2-4-14(8-13)26(18,22)23)20-17(21)19-9-12-5-6-15-16(7-12)25-10-24-15/h2-8,11H,9-10H2,1H3,(H2,18,22,23)(H2,19,20,21)/t11-/m0/s1. The third kappa shape index (κ3) is 4.24. The van der Waals surface area contributed by atoms with Crippen LogP contribution in [0.5, 0.6) is 11.5 Å². The maximum absolute atomic E-state index is 12.1. The van der Waals surface area contributed by atoms with Gasteiger partial charge in [0.15, 0.2) is 11.5 Å². The summed E-state index contributed by atoms with van der Waals surface area (Å²) in [5.41, 5.74) is 1.50. The molecular weight excluding hydrogens is 358 g/mol. The van der Waals surface area contributed by atoms with Gasteiger partial charge in [-0.2, -0.15) is 0 Å². The first-order chi connectivity index (χ1) is 12.3. The minimum absolute atomic E-state index is 0.00409. The second-order valence-electron chi connectivity index (χ2n) is 5.85. The van der Waals surface area contributed by atoms with Crippen LogP contribution >= 0.6 is 0 Å². The van der Waals surface area contributed by atoms with Crippen molar-refractivity contribution in [3.8, 4) is 11.5 Å². The molecule has 1 aliphatic rings. The van der Waals surface area contributed by atoms with E-state index >= 15 is 0 Å². The number of hydrogen-bond acceptors (Lipinski definition) is 5. The van der Waals surface area contributed by atoms with Crippen molar-refractivity contribution in [2.24, 2.45) is 5.14 Å². The first kappa shape index (κ1) is 18.0. The van der Waals surface area contributed by atoms with Crippen LogP contribution < -0.4 is 25.2 Å². The van der Waals surface area contributed by atoms with Crippen molar-refractivity contribution in [3.63, 3.8) is 0 Å². The highest BCUT2D eigenvalue weighted by Crippen LogP contribution is 2.32. The number of ether oxygens (including phenoxy) is 2. The summed E-state index contributed by atoms with van der Waals surface area (Å²) in [6, 6.07) is 10.8. The average molecular weight is 377 g/mol. The van der Waals surface area contributed by atoms with Crippen LogP contribution in [0.4, 0.5) is 4.79 Å². The Bertz CT molecular complexity index is 930. The van der Waals surface area contributed by atoms with E-state index in [9.17, 15) is 13.2 Å². The zero-order valence-corrected chi connectivity index (χ0v) is 14.9. The van der Waals surface area contributed by atoms with Gasteiger partial charge < -0.3 is 20.1 Å². The minimum Gasteiger partial charge on any atom is -0.454 e. The monoisotopic (exact) mass is 377 g/mol. The molecule has 2 aromatic carbocycles. The van der Waals surface area contributed by atoms with E-state index in [1.54, 1.807) is 25.1 Å². The van der Waals surface area contributed by atoms with Crippen molar-refractivity contribution in [2.75, 3.05) is 6.79 Å². The molecule has 0 spiro atoms. The average Bonchev–Trinajstić information content (AvgIpc) is 3.07. The van der Waals surface area contributed by atoms with Crippen LogP contribution in [0.25, 0.3) is 0 Å². The molecule has 0 radical (unpaired) electrons. The Morgan fingerprint density at radius 1 is 1.19 bits per heavy atom. The van der Waals surface area contributed by atoms with Gasteiger partial charge in [-0.3, -0.25) is 0 Å². The van der Waals surface area contributed by atoms with Gasteiger partial charge in [-0.25, -0.2) is 18.4 Å². The molecule has 138 valence electrons. The third-order valence-corrected chi connectivity index (χ3v) is 4.84. The van der Waals surface area contributed by atoms with Gasteiger partial charge in [0.1, 0.15) is 0 Å². The molecule has 1 heterocycles. The van der Waals surface area contributed by atoms with Crippen LogP contribution in [0.3, 0.4) is 0 Å². The molecule has 0 bridgehead atoms. The van der Waals surface area contributed by atoms with E-state index in [0.717, 1.165) is 5.56 Å². The van der Waals surface area contributed by atoms with Crippen molar-refractivity contribution >= 4 is 16.1 Å². The molecule has 0 saturated carbocycles. The lowest BCUT2D eigenvalue weighted by Crippen LogP contribution is -2.36. The van der Waals surface area contributed by atoms with E-state index in [0.29, 0.717) is 23.6 Å². The second-order valence-corrected chi connectivity index (χ2v) is 7.42. The minimum atomic E-state index is -3.79. The third-order valence-electron chi connectivity index (χ3n) is 3.92. The van der Waals surface area contributed by atoms with E-state index in [1.807, 2.05) is 12.1 Å². The number of rotatable bonds is 5. The number of benzene rings is 2. The lowest BCUT2D eigenvalue weighted by molar-refractivity contribution is 0.174. The Morgan fingerprint density at radius 3 is 2.73 bits per heavy atom. The van der Waals surface area contributed by atoms with Gasteiger partial charge >= 0.3 is 6.03 Å². The summed E-state index contributed by atoms with van der Waals surface area (Å²) in [5, 5.41) is 10.6. The van der Waals surface area contributed by atoms with Crippen LogP contribution in [-0.2, 0) is 16.6 Å². The van der Waals surface area contributed by atoms with Crippen LogP contribution in [0.1, 0.15) is 24.1 Å². The summed E-state index contributed by atoms with van der Waals surface area (Å²) in [4.78, 5) is 12.1. The Labute approximate surface area is 151 Å². The summed E-state index contributed by atoms with van der Waals surface area (Å²) < 4.78 is 33.4. The van der Waals surface area contributed by atoms with Gasteiger partial charge in [0.25, 0.3) is 0 Å². The Balaban J connectivity index is 1.58. The number of amides is 2. The maximum Gasteiger partial charge on any atom is 0.315 e. The normalized spacial score (nSPS) is 13.9. The quantitative estimate of drug-likeness (QED) is 0.731. The predicted octanol–water partition coefficient (Wildman–Crippen LogP) is 1.62. The summed E-state index contributed by atoms with van der Waals surface area (Å²) in [6.45, 7) is 2.26. The van der Waals surface area contributed by atoms with E-state index in [2.05, 4.69) is 10.6 Å². The van der Waals surface area contributed by atoms with Crippen LogP contribution in [0, 0.1) is 0 Å². The van der Waals surface area contributed by atoms with Gasteiger partial charge in [-0.05, 0) is 42.3 Å². The SMILES string of the molecule is C[C@H](NC(=O)NCc1ccc2c(c1)OCO2)c1cccc(S(N)(=O)=O)c1. The van der Waals surface area contributed by atoms with E-state index in [1.165, 1.54) is 12.1 Å².